The first-order valence-electron chi connectivity index (χ1n) is 6.34. The van der Waals surface area contributed by atoms with Crippen LogP contribution >= 0.6 is 7.60 Å². The molecule has 0 unspecified atom stereocenters. The molecule has 2 rings (SSSR count). The summed E-state index contributed by atoms with van der Waals surface area (Å²) in [6.07, 6.45) is 1.66. The van der Waals surface area contributed by atoms with Crippen molar-refractivity contribution in [3.8, 4) is 0 Å². The standard InChI is InChI=1S/C11H17N4O5P/c1-13-9-8(10(16)14(2)11(13)17)15(7-12-9)5-3-4-6-21(18,19)20/h7H,3-6H2,1-2H3,(H2,18,19,20)/p-2. The van der Waals surface area contributed by atoms with Gasteiger partial charge in [-0.1, -0.05) is 7.60 Å². The molecule has 0 aliphatic carbocycles. The molecule has 0 saturated heterocycles. The number of nitrogens with zero attached hydrogens (tertiary/aromatic N) is 4. The molecule has 0 saturated carbocycles. The van der Waals surface area contributed by atoms with Gasteiger partial charge < -0.3 is 18.9 Å². The SMILES string of the molecule is Cn1c(=O)c2c(ncn2CCCCP(=O)([O-])[O-])n(C)c1=O. The van der Waals surface area contributed by atoms with E-state index in [1.165, 1.54) is 25.0 Å². The van der Waals surface area contributed by atoms with E-state index in [0.29, 0.717) is 13.0 Å². The molecular formula is C11H15N4O5P-2. The van der Waals surface area contributed by atoms with Crippen molar-refractivity contribution >= 4 is 18.8 Å². The molecule has 2 aromatic heterocycles. The van der Waals surface area contributed by atoms with Gasteiger partial charge in [0.15, 0.2) is 11.2 Å². The van der Waals surface area contributed by atoms with Gasteiger partial charge >= 0.3 is 5.69 Å². The van der Waals surface area contributed by atoms with Crippen LogP contribution in [0.1, 0.15) is 12.8 Å². The van der Waals surface area contributed by atoms with Crippen molar-refractivity contribution in [3.63, 3.8) is 0 Å². The molecule has 116 valence electrons. The summed E-state index contributed by atoms with van der Waals surface area (Å²) in [5.41, 5.74) is -0.353. The Bertz CT molecular complexity index is 827. The topological polar surface area (TPSA) is 125 Å². The van der Waals surface area contributed by atoms with E-state index in [2.05, 4.69) is 4.98 Å². The van der Waals surface area contributed by atoms with Gasteiger partial charge in [-0.15, -0.1) is 0 Å². The molecule has 0 N–H and O–H groups in total. The number of rotatable bonds is 5. The van der Waals surface area contributed by atoms with E-state index >= 15 is 0 Å². The minimum absolute atomic E-state index is 0.218. The minimum Gasteiger partial charge on any atom is -0.811 e. The van der Waals surface area contributed by atoms with Crippen LogP contribution in [-0.4, -0.2) is 24.8 Å². The van der Waals surface area contributed by atoms with Crippen molar-refractivity contribution in [2.24, 2.45) is 14.1 Å². The summed E-state index contributed by atoms with van der Waals surface area (Å²) in [6.45, 7) is 0.351. The van der Waals surface area contributed by atoms with Gasteiger partial charge in [-0.2, -0.15) is 0 Å². The molecule has 0 bridgehead atoms. The van der Waals surface area contributed by atoms with Gasteiger partial charge in [0.2, 0.25) is 0 Å². The van der Waals surface area contributed by atoms with Gasteiger partial charge in [-0.25, -0.2) is 9.78 Å². The average molecular weight is 314 g/mol. The Hall–Kier alpha value is -1.70. The third-order valence-electron chi connectivity index (χ3n) is 3.30. The van der Waals surface area contributed by atoms with Crippen molar-refractivity contribution in [2.45, 2.75) is 19.4 Å². The summed E-state index contributed by atoms with van der Waals surface area (Å²) in [5, 5.41) is 0. The van der Waals surface area contributed by atoms with Crippen molar-refractivity contribution in [1.82, 2.24) is 18.7 Å². The zero-order chi connectivity index (χ0) is 15.8. The number of aromatic nitrogens is 4. The maximum Gasteiger partial charge on any atom is 0.332 e. The summed E-state index contributed by atoms with van der Waals surface area (Å²) in [5.74, 6) is 0. The molecule has 0 spiro atoms. The molecule has 9 nitrogen and oxygen atoms in total. The smallest absolute Gasteiger partial charge is 0.332 e. The van der Waals surface area contributed by atoms with Crippen LogP contribution in [0.3, 0.4) is 0 Å². The second kappa shape index (κ2) is 5.59. The van der Waals surface area contributed by atoms with E-state index in [1.807, 2.05) is 0 Å². The lowest BCUT2D eigenvalue weighted by Crippen LogP contribution is -2.37. The zero-order valence-electron chi connectivity index (χ0n) is 11.7. The summed E-state index contributed by atoms with van der Waals surface area (Å²) in [4.78, 5) is 49.0. The lowest BCUT2D eigenvalue weighted by atomic mass is 10.3. The minimum atomic E-state index is -4.49. The van der Waals surface area contributed by atoms with E-state index in [-0.39, 0.29) is 17.6 Å². The Labute approximate surface area is 119 Å². The Morgan fingerprint density at radius 2 is 1.86 bits per heavy atom. The van der Waals surface area contributed by atoms with Gasteiger partial charge in [0.25, 0.3) is 5.56 Å². The quantitative estimate of drug-likeness (QED) is 0.470. The van der Waals surface area contributed by atoms with Gasteiger partial charge in [-0.3, -0.25) is 13.9 Å². The molecule has 21 heavy (non-hydrogen) atoms. The summed E-state index contributed by atoms with van der Waals surface area (Å²) < 4.78 is 14.4. The molecule has 10 heteroatoms. The van der Waals surface area contributed by atoms with Crippen molar-refractivity contribution < 1.29 is 14.4 Å². The Morgan fingerprint density at radius 3 is 2.48 bits per heavy atom. The third kappa shape index (κ3) is 3.15. The average Bonchev–Trinajstić information content (AvgIpc) is 2.82. The molecule has 0 atom stereocenters. The number of aryl methyl sites for hydroxylation is 2. The molecule has 2 aromatic rings. The van der Waals surface area contributed by atoms with E-state index in [1.54, 1.807) is 4.57 Å². The van der Waals surface area contributed by atoms with Crippen molar-refractivity contribution in [3.05, 3.63) is 27.2 Å². The van der Waals surface area contributed by atoms with Gasteiger partial charge in [0, 0.05) is 20.6 Å². The van der Waals surface area contributed by atoms with E-state index in [9.17, 15) is 23.9 Å². The highest BCUT2D eigenvalue weighted by Crippen LogP contribution is 2.24. The van der Waals surface area contributed by atoms with E-state index in [4.69, 9.17) is 0 Å². The fourth-order valence-corrected chi connectivity index (χ4v) is 2.77. The maximum atomic E-state index is 12.1. The summed E-state index contributed by atoms with van der Waals surface area (Å²) in [7, 11) is -1.59. The molecule has 0 amide bonds. The first kappa shape index (κ1) is 15.7. The predicted octanol–water partition coefficient (Wildman–Crippen LogP) is -1.87. The highest BCUT2D eigenvalue weighted by molar-refractivity contribution is 7.48. The summed E-state index contributed by atoms with van der Waals surface area (Å²) in [6, 6.07) is 0. The fraction of sp³-hybridized carbons (Fsp3) is 0.545. The number of unbranched alkanes of at least 4 members (excludes halogenated alkanes) is 1. The van der Waals surface area contributed by atoms with Crippen LogP contribution in [0.15, 0.2) is 15.9 Å². The number of imidazole rings is 1. The lowest BCUT2D eigenvalue weighted by Gasteiger charge is -2.29. The van der Waals surface area contributed by atoms with E-state index < -0.39 is 25.0 Å². The molecule has 0 radical (unpaired) electrons. The normalized spacial score (nSPS) is 12.2. The van der Waals surface area contributed by atoms with Crippen LogP contribution in [0.2, 0.25) is 0 Å². The number of hydrogen-bond acceptors (Lipinski definition) is 6. The Morgan fingerprint density at radius 1 is 1.19 bits per heavy atom. The van der Waals surface area contributed by atoms with Crippen LogP contribution in [0.25, 0.3) is 11.2 Å². The molecule has 0 aromatic carbocycles. The zero-order valence-corrected chi connectivity index (χ0v) is 12.6. The van der Waals surface area contributed by atoms with Gasteiger partial charge in [0.05, 0.1) is 6.33 Å². The van der Waals surface area contributed by atoms with Gasteiger partial charge in [-0.05, 0) is 19.0 Å². The summed E-state index contributed by atoms with van der Waals surface area (Å²) >= 11 is 0. The lowest BCUT2D eigenvalue weighted by molar-refractivity contribution is -0.313. The predicted molar refractivity (Wildman–Crippen MR) is 71.9 cm³/mol. The Kier molecular flexibility index (Phi) is 4.18. The monoisotopic (exact) mass is 314 g/mol. The van der Waals surface area contributed by atoms with Crippen LogP contribution in [-0.2, 0) is 25.2 Å². The van der Waals surface area contributed by atoms with Crippen LogP contribution in [0.5, 0.6) is 0 Å². The highest BCUT2D eigenvalue weighted by Gasteiger charge is 2.13. The fourth-order valence-electron chi connectivity index (χ4n) is 2.15. The maximum absolute atomic E-state index is 12.1. The third-order valence-corrected chi connectivity index (χ3v) is 4.16. The van der Waals surface area contributed by atoms with Crippen molar-refractivity contribution in [2.75, 3.05) is 6.16 Å². The molecule has 0 fully saturated rings. The second-order valence-electron chi connectivity index (χ2n) is 4.86. The first-order chi connectivity index (χ1) is 9.72. The Balaban J connectivity index is 2.29. The second-order valence-corrected chi connectivity index (χ2v) is 6.53. The highest BCUT2D eigenvalue weighted by atomic mass is 31.2. The molecule has 2 heterocycles. The van der Waals surface area contributed by atoms with Crippen LogP contribution in [0, 0.1) is 0 Å². The first-order valence-corrected chi connectivity index (χ1v) is 8.07. The number of fused-ring (bicyclic) bond motifs is 1. The van der Waals surface area contributed by atoms with Gasteiger partial charge in [0.1, 0.15) is 0 Å². The number of hydrogen-bond donors (Lipinski definition) is 0. The molecule has 0 aliphatic heterocycles. The molecular weight excluding hydrogens is 299 g/mol. The van der Waals surface area contributed by atoms with Crippen LogP contribution < -0.4 is 21.0 Å². The molecule has 0 aliphatic rings. The van der Waals surface area contributed by atoms with Crippen molar-refractivity contribution in [1.29, 1.82) is 0 Å². The van der Waals surface area contributed by atoms with E-state index in [0.717, 1.165) is 4.57 Å². The largest absolute Gasteiger partial charge is 0.811 e. The van der Waals surface area contributed by atoms with Crippen LogP contribution in [0.4, 0.5) is 0 Å².